The SMILES string of the molecule is CC(=O)NS(=O)(=O)c1ccc(N2CCNCC2)cc1. The van der Waals surface area contributed by atoms with Crippen LogP contribution in [0.5, 0.6) is 0 Å². The number of amides is 1. The third-order valence-corrected chi connectivity index (χ3v) is 4.36. The van der Waals surface area contributed by atoms with Gasteiger partial charge in [0.2, 0.25) is 5.91 Å². The van der Waals surface area contributed by atoms with Gasteiger partial charge in [0.25, 0.3) is 10.0 Å². The Hall–Kier alpha value is -1.60. The first-order valence-electron chi connectivity index (χ1n) is 6.08. The molecule has 0 radical (unpaired) electrons. The van der Waals surface area contributed by atoms with Gasteiger partial charge in [-0.1, -0.05) is 0 Å². The second-order valence-electron chi connectivity index (χ2n) is 4.39. The van der Waals surface area contributed by atoms with Crippen LogP contribution in [0.4, 0.5) is 5.69 Å². The van der Waals surface area contributed by atoms with E-state index in [0.29, 0.717) is 0 Å². The van der Waals surface area contributed by atoms with Crippen molar-refractivity contribution in [3.05, 3.63) is 24.3 Å². The van der Waals surface area contributed by atoms with Crippen molar-refractivity contribution in [1.29, 1.82) is 0 Å². The normalized spacial score (nSPS) is 16.2. The molecule has 2 N–H and O–H groups in total. The first-order chi connectivity index (χ1) is 8.99. The maximum atomic E-state index is 11.8. The number of rotatable bonds is 3. The quantitative estimate of drug-likeness (QED) is 0.811. The van der Waals surface area contributed by atoms with E-state index in [1.54, 1.807) is 12.1 Å². The number of nitrogens with zero attached hydrogens (tertiary/aromatic N) is 1. The van der Waals surface area contributed by atoms with Gasteiger partial charge in [-0.15, -0.1) is 0 Å². The number of carbonyl (C=O) groups excluding carboxylic acids is 1. The molecule has 1 aliphatic heterocycles. The van der Waals surface area contributed by atoms with Gasteiger partial charge in [0.1, 0.15) is 0 Å². The first kappa shape index (κ1) is 13.8. The number of carbonyl (C=O) groups is 1. The van der Waals surface area contributed by atoms with Gasteiger partial charge in [-0.2, -0.15) is 0 Å². The van der Waals surface area contributed by atoms with Crippen LogP contribution in [0.15, 0.2) is 29.2 Å². The number of sulfonamides is 1. The third kappa shape index (κ3) is 3.45. The first-order valence-corrected chi connectivity index (χ1v) is 7.56. The van der Waals surface area contributed by atoms with E-state index in [0.717, 1.165) is 31.9 Å². The Balaban J connectivity index is 2.16. The van der Waals surface area contributed by atoms with E-state index >= 15 is 0 Å². The molecule has 0 bridgehead atoms. The molecule has 1 aliphatic rings. The van der Waals surface area contributed by atoms with Crippen LogP contribution in [0.1, 0.15) is 6.92 Å². The van der Waals surface area contributed by atoms with Crippen LogP contribution in [-0.4, -0.2) is 40.5 Å². The Morgan fingerprint density at radius 1 is 1.21 bits per heavy atom. The van der Waals surface area contributed by atoms with Crippen LogP contribution in [0.3, 0.4) is 0 Å². The van der Waals surface area contributed by atoms with Crippen molar-refractivity contribution >= 4 is 21.6 Å². The molecular weight excluding hydrogens is 266 g/mol. The highest BCUT2D eigenvalue weighted by Gasteiger charge is 2.16. The summed E-state index contributed by atoms with van der Waals surface area (Å²) >= 11 is 0. The van der Waals surface area contributed by atoms with Gasteiger partial charge in [0.15, 0.2) is 0 Å². The molecule has 1 amide bonds. The second-order valence-corrected chi connectivity index (χ2v) is 6.08. The maximum Gasteiger partial charge on any atom is 0.264 e. The van der Waals surface area contributed by atoms with E-state index in [-0.39, 0.29) is 4.90 Å². The number of benzene rings is 1. The van der Waals surface area contributed by atoms with Gasteiger partial charge >= 0.3 is 0 Å². The molecule has 0 saturated carbocycles. The van der Waals surface area contributed by atoms with Gasteiger partial charge < -0.3 is 10.2 Å². The molecule has 2 rings (SSSR count). The highest BCUT2D eigenvalue weighted by Crippen LogP contribution is 2.18. The van der Waals surface area contributed by atoms with Gasteiger partial charge in [-0.3, -0.25) is 4.79 Å². The summed E-state index contributed by atoms with van der Waals surface area (Å²) < 4.78 is 25.5. The summed E-state index contributed by atoms with van der Waals surface area (Å²) in [7, 11) is -3.74. The monoisotopic (exact) mass is 283 g/mol. The molecule has 6 nitrogen and oxygen atoms in total. The molecule has 1 aromatic carbocycles. The highest BCUT2D eigenvalue weighted by atomic mass is 32.2. The fourth-order valence-corrected chi connectivity index (χ4v) is 3.00. The number of anilines is 1. The predicted octanol–water partition coefficient (Wildman–Crippen LogP) is -0.0790. The van der Waals surface area contributed by atoms with Crippen molar-refractivity contribution in [3.8, 4) is 0 Å². The zero-order valence-corrected chi connectivity index (χ0v) is 11.5. The molecule has 1 aromatic rings. The van der Waals surface area contributed by atoms with Crippen LogP contribution in [0.25, 0.3) is 0 Å². The van der Waals surface area contributed by atoms with Crippen molar-refractivity contribution in [1.82, 2.24) is 10.0 Å². The fourth-order valence-electron chi connectivity index (χ4n) is 2.01. The lowest BCUT2D eigenvalue weighted by molar-refractivity contribution is -0.117. The topological polar surface area (TPSA) is 78.5 Å². The van der Waals surface area contributed by atoms with Crippen molar-refractivity contribution in [2.24, 2.45) is 0 Å². The summed E-state index contributed by atoms with van der Waals surface area (Å²) in [5, 5.41) is 3.26. The minimum atomic E-state index is -3.74. The molecule has 1 fully saturated rings. The second kappa shape index (κ2) is 5.58. The molecule has 0 atom stereocenters. The standard InChI is InChI=1S/C12H17N3O3S/c1-10(16)14-19(17,18)12-4-2-11(3-5-12)15-8-6-13-7-9-15/h2-5,13H,6-9H2,1H3,(H,14,16). The Bertz CT molecular complexity index is 548. The zero-order chi connectivity index (χ0) is 13.9. The minimum absolute atomic E-state index is 0.0987. The summed E-state index contributed by atoms with van der Waals surface area (Å²) in [4.78, 5) is 13.1. The van der Waals surface area contributed by atoms with Crippen molar-refractivity contribution in [2.45, 2.75) is 11.8 Å². The number of hydrogen-bond donors (Lipinski definition) is 2. The minimum Gasteiger partial charge on any atom is -0.369 e. The lowest BCUT2D eigenvalue weighted by Gasteiger charge is -2.29. The van der Waals surface area contributed by atoms with E-state index in [1.807, 2.05) is 4.72 Å². The predicted molar refractivity (Wildman–Crippen MR) is 72.5 cm³/mol. The van der Waals surface area contributed by atoms with Crippen molar-refractivity contribution < 1.29 is 13.2 Å². The van der Waals surface area contributed by atoms with Gasteiger partial charge in [-0.25, -0.2) is 13.1 Å². The lowest BCUT2D eigenvalue weighted by Crippen LogP contribution is -2.43. The van der Waals surface area contributed by atoms with E-state index in [9.17, 15) is 13.2 Å². The molecule has 0 unspecified atom stereocenters. The summed E-state index contributed by atoms with van der Waals surface area (Å²) in [5.41, 5.74) is 0.989. The molecule has 104 valence electrons. The van der Waals surface area contributed by atoms with Gasteiger partial charge in [0, 0.05) is 38.8 Å². The summed E-state index contributed by atoms with van der Waals surface area (Å²) in [6.45, 7) is 4.82. The molecule has 19 heavy (non-hydrogen) atoms. The number of piperazine rings is 1. The Labute approximate surface area is 112 Å². The van der Waals surface area contributed by atoms with Gasteiger partial charge in [-0.05, 0) is 24.3 Å². The molecule has 7 heteroatoms. The van der Waals surface area contributed by atoms with E-state index in [4.69, 9.17) is 0 Å². The molecule has 0 aromatic heterocycles. The molecule has 1 saturated heterocycles. The molecular formula is C12H17N3O3S. The number of nitrogens with one attached hydrogen (secondary N) is 2. The van der Waals surface area contributed by atoms with Crippen molar-refractivity contribution in [2.75, 3.05) is 31.1 Å². The van der Waals surface area contributed by atoms with Gasteiger partial charge in [0.05, 0.1) is 4.90 Å². The lowest BCUT2D eigenvalue weighted by atomic mass is 10.2. The zero-order valence-electron chi connectivity index (χ0n) is 10.7. The fraction of sp³-hybridized carbons (Fsp3) is 0.417. The smallest absolute Gasteiger partial charge is 0.264 e. The molecule has 0 spiro atoms. The average Bonchev–Trinajstić information content (AvgIpc) is 2.38. The molecule has 1 heterocycles. The largest absolute Gasteiger partial charge is 0.369 e. The highest BCUT2D eigenvalue weighted by molar-refractivity contribution is 7.90. The maximum absolute atomic E-state index is 11.8. The van der Waals surface area contributed by atoms with E-state index in [1.165, 1.54) is 19.1 Å². The van der Waals surface area contributed by atoms with E-state index in [2.05, 4.69) is 10.2 Å². The molecule has 0 aliphatic carbocycles. The Morgan fingerprint density at radius 3 is 2.32 bits per heavy atom. The van der Waals surface area contributed by atoms with Crippen LogP contribution in [0.2, 0.25) is 0 Å². The average molecular weight is 283 g/mol. The third-order valence-electron chi connectivity index (χ3n) is 2.91. The van der Waals surface area contributed by atoms with E-state index < -0.39 is 15.9 Å². The van der Waals surface area contributed by atoms with Crippen molar-refractivity contribution in [3.63, 3.8) is 0 Å². The van der Waals surface area contributed by atoms with Crippen LogP contribution < -0.4 is 14.9 Å². The van der Waals surface area contributed by atoms with Crippen LogP contribution in [0, 0.1) is 0 Å². The van der Waals surface area contributed by atoms with Crippen LogP contribution in [-0.2, 0) is 14.8 Å². The Morgan fingerprint density at radius 2 is 1.79 bits per heavy atom. The summed E-state index contributed by atoms with van der Waals surface area (Å²) in [6.07, 6.45) is 0. The summed E-state index contributed by atoms with van der Waals surface area (Å²) in [5.74, 6) is -0.591. The number of hydrogen-bond acceptors (Lipinski definition) is 5. The Kier molecular flexibility index (Phi) is 4.06. The van der Waals surface area contributed by atoms with Crippen LogP contribution >= 0.6 is 0 Å². The summed E-state index contributed by atoms with van der Waals surface area (Å²) in [6, 6.07) is 6.56.